The number of alkyl halides is 3. The summed E-state index contributed by atoms with van der Waals surface area (Å²) in [6.07, 6.45) is 0.878. The number of piperidine rings is 1. The third-order valence-corrected chi connectivity index (χ3v) is 6.85. The number of nitrogens with zero attached hydrogens (tertiary/aromatic N) is 5. The van der Waals surface area contributed by atoms with Crippen LogP contribution in [0.5, 0.6) is 0 Å². The number of halogens is 3. The molecule has 176 valence electrons. The van der Waals surface area contributed by atoms with Gasteiger partial charge >= 0.3 is 6.18 Å². The molecule has 2 aromatic heterocycles. The van der Waals surface area contributed by atoms with Crippen LogP contribution in [0.4, 0.5) is 18.3 Å². The Morgan fingerprint density at radius 2 is 2.09 bits per heavy atom. The van der Waals surface area contributed by atoms with Gasteiger partial charge in [0, 0.05) is 37.5 Å². The van der Waals surface area contributed by atoms with Crippen LogP contribution in [0.1, 0.15) is 40.7 Å². The van der Waals surface area contributed by atoms with Gasteiger partial charge in [0.15, 0.2) is 0 Å². The Hall–Kier alpha value is -2.95. The quantitative estimate of drug-likeness (QED) is 0.579. The maximum Gasteiger partial charge on any atom is 0.445 e. The molecule has 1 saturated heterocycles. The number of likely N-dealkylation sites (tertiary alicyclic amines) is 1. The molecule has 0 saturated carbocycles. The zero-order valence-corrected chi connectivity index (χ0v) is 19.4. The third kappa shape index (κ3) is 5.02. The lowest BCUT2D eigenvalue weighted by Crippen LogP contribution is -2.51. The fourth-order valence-electron chi connectivity index (χ4n) is 4.22. The first-order valence-corrected chi connectivity index (χ1v) is 11.5. The van der Waals surface area contributed by atoms with Crippen LogP contribution in [-0.4, -0.2) is 49.9 Å². The minimum atomic E-state index is -4.52. The van der Waals surface area contributed by atoms with Crippen molar-refractivity contribution < 1.29 is 18.0 Å². The molecule has 4 rings (SSSR count). The molecule has 1 aliphatic rings. The predicted octanol–water partition coefficient (Wildman–Crippen LogP) is 4.62. The van der Waals surface area contributed by atoms with Crippen molar-refractivity contribution in [3.05, 3.63) is 46.7 Å². The van der Waals surface area contributed by atoms with Crippen molar-refractivity contribution in [1.29, 1.82) is 0 Å². The fraction of sp³-hybridized carbons (Fsp3) is 0.455. The highest BCUT2D eigenvalue weighted by molar-refractivity contribution is 7.15. The van der Waals surface area contributed by atoms with Crippen LogP contribution in [0, 0.1) is 12.8 Å². The monoisotopic (exact) mass is 478 g/mol. The highest BCUT2D eigenvalue weighted by Crippen LogP contribution is 2.34. The summed E-state index contributed by atoms with van der Waals surface area (Å²) in [7, 11) is 1.82. The van der Waals surface area contributed by atoms with Crippen LogP contribution in [0.15, 0.2) is 30.6 Å². The normalized spacial score (nSPS) is 19.0. The lowest BCUT2D eigenvalue weighted by Gasteiger charge is -2.40. The molecule has 1 aromatic carbocycles. The average molecular weight is 479 g/mol. The maximum atomic E-state index is 13.8. The van der Waals surface area contributed by atoms with Gasteiger partial charge in [-0.05, 0) is 37.3 Å². The van der Waals surface area contributed by atoms with E-state index < -0.39 is 11.2 Å². The minimum absolute atomic E-state index is 0.0934. The van der Waals surface area contributed by atoms with Crippen molar-refractivity contribution in [1.82, 2.24) is 24.9 Å². The number of anilines is 1. The number of carbonyl (C=O) groups excluding carboxylic acids is 1. The second kappa shape index (κ2) is 9.12. The molecule has 33 heavy (non-hydrogen) atoms. The molecule has 1 fully saturated rings. The Morgan fingerprint density at radius 3 is 2.76 bits per heavy atom. The van der Waals surface area contributed by atoms with Crippen LogP contribution in [0.2, 0.25) is 0 Å². The van der Waals surface area contributed by atoms with E-state index in [2.05, 4.69) is 27.5 Å². The van der Waals surface area contributed by atoms with E-state index in [1.807, 2.05) is 43.3 Å². The summed E-state index contributed by atoms with van der Waals surface area (Å²) < 4.78 is 40.2. The summed E-state index contributed by atoms with van der Waals surface area (Å²) in [5, 5.41) is 13.1. The second-order valence-corrected chi connectivity index (χ2v) is 9.41. The van der Waals surface area contributed by atoms with Crippen LogP contribution in [0.25, 0.3) is 11.1 Å². The summed E-state index contributed by atoms with van der Waals surface area (Å²) in [5.74, 6) is 0.0843. The zero-order valence-electron chi connectivity index (χ0n) is 18.6. The Bertz CT molecular complexity index is 1140. The van der Waals surface area contributed by atoms with Crippen molar-refractivity contribution >= 4 is 22.4 Å². The number of benzene rings is 1. The summed E-state index contributed by atoms with van der Waals surface area (Å²) in [5.41, 5.74) is 3.23. The molecular weight excluding hydrogens is 453 g/mol. The standard InChI is InChI=1S/C22H25F3N6OS/c1-13-6-7-16(15-10-27-30(3)12-15)17(9-13)19(32)31-8-4-5-14(2)18(31)11-26-21-29-28-20(33-21)22(23,24)25/h6-7,9-10,12,14,18H,4-5,8,11H2,1-3H3,(H,26,29). The molecule has 0 spiro atoms. The van der Waals surface area contributed by atoms with E-state index in [1.54, 1.807) is 10.9 Å². The van der Waals surface area contributed by atoms with Gasteiger partial charge in [0.1, 0.15) is 0 Å². The van der Waals surface area contributed by atoms with Gasteiger partial charge in [-0.1, -0.05) is 36.0 Å². The molecule has 3 heterocycles. The predicted molar refractivity (Wildman–Crippen MR) is 120 cm³/mol. The first-order valence-electron chi connectivity index (χ1n) is 10.7. The summed E-state index contributed by atoms with van der Waals surface area (Å²) >= 11 is 0.469. The molecule has 11 heteroatoms. The maximum absolute atomic E-state index is 13.8. The number of nitrogens with one attached hydrogen (secondary N) is 1. The van der Waals surface area contributed by atoms with E-state index in [1.165, 1.54) is 0 Å². The van der Waals surface area contributed by atoms with E-state index in [4.69, 9.17) is 0 Å². The first kappa shape index (κ1) is 23.2. The van der Waals surface area contributed by atoms with Gasteiger partial charge in [-0.15, -0.1) is 10.2 Å². The third-order valence-electron chi connectivity index (χ3n) is 5.93. The molecular formula is C22H25F3N6OS. The van der Waals surface area contributed by atoms with Gasteiger partial charge in [-0.25, -0.2) is 0 Å². The zero-order chi connectivity index (χ0) is 23.8. The number of rotatable bonds is 5. The number of hydrogen-bond acceptors (Lipinski definition) is 6. The Morgan fingerprint density at radius 1 is 1.30 bits per heavy atom. The smallest absolute Gasteiger partial charge is 0.358 e. The molecule has 0 radical (unpaired) electrons. The topological polar surface area (TPSA) is 75.9 Å². The highest BCUT2D eigenvalue weighted by Gasteiger charge is 2.36. The molecule has 1 N–H and O–H groups in total. The van der Waals surface area contributed by atoms with Gasteiger partial charge in [-0.3, -0.25) is 9.48 Å². The summed E-state index contributed by atoms with van der Waals surface area (Å²) in [4.78, 5) is 15.6. The van der Waals surface area contributed by atoms with Crippen molar-refractivity contribution in [3.63, 3.8) is 0 Å². The van der Waals surface area contributed by atoms with E-state index in [-0.39, 0.29) is 23.0 Å². The number of carbonyl (C=O) groups is 1. The molecule has 3 aromatic rings. The van der Waals surface area contributed by atoms with E-state index >= 15 is 0 Å². The van der Waals surface area contributed by atoms with Crippen LogP contribution in [0.3, 0.4) is 0 Å². The molecule has 2 unspecified atom stereocenters. The Kier molecular flexibility index (Phi) is 6.42. The number of hydrogen-bond donors (Lipinski definition) is 1. The summed E-state index contributed by atoms with van der Waals surface area (Å²) in [6.45, 7) is 4.88. The molecule has 1 amide bonds. The lowest BCUT2D eigenvalue weighted by atomic mass is 9.89. The molecule has 2 atom stereocenters. The van der Waals surface area contributed by atoms with Crippen molar-refractivity contribution in [3.8, 4) is 11.1 Å². The Labute approximate surface area is 193 Å². The molecule has 1 aliphatic heterocycles. The fourth-order valence-corrected chi connectivity index (χ4v) is 4.83. The van der Waals surface area contributed by atoms with Crippen LogP contribution in [-0.2, 0) is 13.2 Å². The largest absolute Gasteiger partial charge is 0.445 e. The molecule has 0 aliphatic carbocycles. The van der Waals surface area contributed by atoms with Gasteiger partial charge in [0.05, 0.1) is 12.2 Å². The van der Waals surface area contributed by atoms with Crippen molar-refractivity contribution in [2.45, 2.75) is 38.9 Å². The second-order valence-electron chi connectivity index (χ2n) is 8.43. The highest BCUT2D eigenvalue weighted by atomic mass is 32.1. The van der Waals surface area contributed by atoms with E-state index in [0.29, 0.717) is 30.0 Å². The average Bonchev–Trinajstić information content (AvgIpc) is 3.41. The summed E-state index contributed by atoms with van der Waals surface area (Å²) in [6, 6.07) is 5.59. The van der Waals surface area contributed by atoms with Crippen LogP contribution < -0.4 is 5.32 Å². The molecule has 0 bridgehead atoms. The first-order chi connectivity index (χ1) is 15.6. The lowest BCUT2D eigenvalue weighted by molar-refractivity contribution is -0.138. The van der Waals surface area contributed by atoms with E-state index in [9.17, 15) is 18.0 Å². The number of aromatic nitrogens is 4. The van der Waals surface area contributed by atoms with Crippen molar-refractivity contribution in [2.24, 2.45) is 13.0 Å². The van der Waals surface area contributed by atoms with Crippen LogP contribution >= 0.6 is 11.3 Å². The van der Waals surface area contributed by atoms with E-state index in [0.717, 1.165) is 29.5 Å². The molecule has 7 nitrogen and oxygen atoms in total. The van der Waals surface area contributed by atoms with Gasteiger partial charge in [-0.2, -0.15) is 18.3 Å². The Balaban J connectivity index is 1.58. The number of amides is 1. The minimum Gasteiger partial charge on any atom is -0.358 e. The van der Waals surface area contributed by atoms with Gasteiger partial charge in [0.2, 0.25) is 10.1 Å². The van der Waals surface area contributed by atoms with Crippen molar-refractivity contribution in [2.75, 3.05) is 18.4 Å². The number of aryl methyl sites for hydroxylation is 2. The van der Waals surface area contributed by atoms with Gasteiger partial charge < -0.3 is 10.2 Å². The SMILES string of the molecule is Cc1ccc(-c2cnn(C)c2)c(C(=O)N2CCCC(C)C2CNc2nnc(C(F)(F)F)s2)c1. The van der Waals surface area contributed by atoms with Gasteiger partial charge in [0.25, 0.3) is 5.91 Å².